The van der Waals surface area contributed by atoms with E-state index in [0.29, 0.717) is 17.3 Å². The van der Waals surface area contributed by atoms with Crippen LogP contribution in [0.3, 0.4) is 0 Å². The molecule has 1 rings (SSSR count). The first-order valence-electron chi connectivity index (χ1n) is 5.96. The molecule has 0 saturated heterocycles. The highest BCUT2D eigenvalue weighted by Crippen LogP contribution is 2.08. The monoisotopic (exact) mass is 286 g/mol. The largest absolute Gasteiger partial charge is 0.444 e. The van der Waals surface area contributed by atoms with Crippen LogP contribution in [-0.2, 0) is 11.2 Å². The molecule has 3 N–H and O–H groups in total. The Morgan fingerprint density at radius 2 is 2.16 bits per heavy atom. The molecule has 1 unspecified atom stereocenters. The Hall–Kier alpha value is -1.40. The number of alkyl carbamates (subject to hydrolysis) is 1. The fraction of sp³-hybridized carbons (Fsp3) is 0.583. The summed E-state index contributed by atoms with van der Waals surface area (Å²) < 4.78 is 5.16. The first kappa shape index (κ1) is 15.7. The molecule has 0 bridgehead atoms. The van der Waals surface area contributed by atoms with Gasteiger partial charge < -0.3 is 15.8 Å². The molecule has 6 nitrogen and oxygen atoms in total. The lowest BCUT2D eigenvalue weighted by atomic mass is 10.1. The van der Waals surface area contributed by atoms with Crippen LogP contribution in [-0.4, -0.2) is 34.2 Å². The summed E-state index contributed by atoms with van der Waals surface area (Å²) in [6, 6.07) is -0.259. The molecule has 1 aromatic rings. The lowest BCUT2D eigenvalue weighted by molar-refractivity contribution is 0.0505. The molecule has 0 aliphatic rings. The summed E-state index contributed by atoms with van der Waals surface area (Å²) in [5, 5.41) is 3.03. The second kappa shape index (κ2) is 6.68. The highest BCUT2D eigenvalue weighted by molar-refractivity contribution is 6.29. The van der Waals surface area contributed by atoms with E-state index in [0.717, 1.165) is 0 Å². The van der Waals surface area contributed by atoms with Crippen molar-refractivity contribution in [2.75, 3.05) is 6.54 Å². The first-order valence-corrected chi connectivity index (χ1v) is 6.34. The average molecular weight is 287 g/mol. The summed E-state index contributed by atoms with van der Waals surface area (Å²) >= 11 is 5.65. The number of carbonyl (C=O) groups is 1. The molecule has 0 fully saturated rings. The minimum absolute atomic E-state index is 0.259. The van der Waals surface area contributed by atoms with Crippen LogP contribution in [0.1, 0.15) is 26.5 Å². The number of nitrogens with one attached hydrogen (secondary N) is 1. The smallest absolute Gasteiger partial charge is 0.407 e. The Balaban J connectivity index is 2.54. The van der Waals surface area contributed by atoms with E-state index in [1.54, 1.807) is 27.0 Å². The number of nitrogens with two attached hydrogens (primary N) is 1. The second-order valence-corrected chi connectivity index (χ2v) is 5.50. The molecule has 19 heavy (non-hydrogen) atoms. The fourth-order valence-corrected chi connectivity index (χ4v) is 1.46. The van der Waals surface area contributed by atoms with Gasteiger partial charge in [0.15, 0.2) is 0 Å². The van der Waals surface area contributed by atoms with Gasteiger partial charge in [0, 0.05) is 19.0 Å². The SMILES string of the molecule is CC(C)(C)OC(=O)NC(CN)Cc1cnc(Cl)cn1. The van der Waals surface area contributed by atoms with Crippen LogP contribution in [0, 0.1) is 0 Å². The highest BCUT2D eigenvalue weighted by Gasteiger charge is 2.19. The van der Waals surface area contributed by atoms with Crippen LogP contribution in [0.15, 0.2) is 12.4 Å². The van der Waals surface area contributed by atoms with Crippen molar-refractivity contribution in [3.8, 4) is 0 Å². The van der Waals surface area contributed by atoms with E-state index in [2.05, 4.69) is 15.3 Å². The predicted molar refractivity (Wildman–Crippen MR) is 73.0 cm³/mol. The van der Waals surface area contributed by atoms with E-state index in [1.165, 1.54) is 6.20 Å². The first-order chi connectivity index (χ1) is 8.80. The number of amides is 1. The maximum absolute atomic E-state index is 11.6. The van der Waals surface area contributed by atoms with Gasteiger partial charge in [0.2, 0.25) is 0 Å². The highest BCUT2D eigenvalue weighted by atomic mass is 35.5. The third kappa shape index (κ3) is 6.35. The van der Waals surface area contributed by atoms with Crippen molar-refractivity contribution in [2.24, 2.45) is 5.73 Å². The number of aromatic nitrogens is 2. The lowest BCUT2D eigenvalue weighted by Gasteiger charge is -2.22. The molecule has 0 saturated carbocycles. The molecule has 7 heteroatoms. The third-order valence-corrected chi connectivity index (χ3v) is 2.33. The zero-order valence-electron chi connectivity index (χ0n) is 11.3. The number of carbonyl (C=O) groups excluding carboxylic acids is 1. The van der Waals surface area contributed by atoms with Gasteiger partial charge in [-0.1, -0.05) is 11.6 Å². The van der Waals surface area contributed by atoms with Crippen molar-refractivity contribution < 1.29 is 9.53 Å². The second-order valence-electron chi connectivity index (χ2n) is 5.11. The predicted octanol–water partition coefficient (Wildman–Crippen LogP) is 1.52. The van der Waals surface area contributed by atoms with Gasteiger partial charge in [0.25, 0.3) is 0 Å². The maximum Gasteiger partial charge on any atom is 0.407 e. The van der Waals surface area contributed by atoms with Crippen LogP contribution < -0.4 is 11.1 Å². The van der Waals surface area contributed by atoms with Crippen molar-refractivity contribution in [1.82, 2.24) is 15.3 Å². The number of ether oxygens (including phenoxy) is 1. The summed E-state index contributed by atoms with van der Waals surface area (Å²) in [7, 11) is 0. The van der Waals surface area contributed by atoms with Crippen LogP contribution in [0.4, 0.5) is 4.79 Å². The number of halogens is 1. The van der Waals surface area contributed by atoms with Gasteiger partial charge in [-0.3, -0.25) is 4.98 Å². The molecule has 1 heterocycles. The average Bonchev–Trinajstić information content (AvgIpc) is 2.28. The number of nitrogens with zero attached hydrogens (tertiary/aromatic N) is 2. The van der Waals surface area contributed by atoms with E-state index in [-0.39, 0.29) is 12.6 Å². The lowest BCUT2D eigenvalue weighted by Crippen LogP contribution is -2.44. The van der Waals surface area contributed by atoms with E-state index < -0.39 is 11.7 Å². The fourth-order valence-electron chi connectivity index (χ4n) is 1.36. The van der Waals surface area contributed by atoms with Crippen molar-refractivity contribution in [2.45, 2.75) is 38.8 Å². The summed E-state index contributed by atoms with van der Waals surface area (Å²) in [6.45, 7) is 5.68. The molecule has 1 amide bonds. The van der Waals surface area contributed by atoms with Gasteiger partial charge in [-0.25, -0.2) is 9.78 Å². The summed E-state index contributed by atoms with van der Waals surface area (Å²) in [6.07, 6.45) is 2.99. The topological polar surface area (TPSA) is 90.1 Å². The van der Waals surface area contributed by atoms with Crippen molar-refractivity contribution in [3.63, 3.8) is 0 Å². The molecule has 1 atom stereocenters. The normalized spacial score (nSPS) is 12.9. The zero-order valence-corrected chi connectivity index (χ0v) is 12.1. The number of rotatable bonds is 4. The van der Waals surface area contributed by atoms with E-state index >= 15 is 0 Å². The molecule has 1 aromatic heterocycles. The van der Waals surface area contributed by atoms with Gasteiger partial charge in [-0.05, 0) is 20.8 Å². The molecule has 106 valence electrons. The van der Waals surface area contributed by atoms with Crippen LogP contribution >= 0.6 is 11.6 Å². The van der Waals surface area contributed by atoms with Crippen molar-refractivity contribution in [3.05, 3.63) is 23.2 Å². The van der Waals surface area contributed by atoms with Gasteiger partial charge in [-0.15, -0.1) is 0 Å². The summed E-state index contributed by atoms with van der Waals surface area (Å²) in [5.41, 5.74) is 5.78. The Morgan fingerprint density at radius 3 is 2.63 bits per heavy atom. The van der Waals surface area contributed by atoms with Gasteiger partial charge in [0.05, 0.1) is 18.1 Å². The van der Waals surface area contributed by atoms with Crippen LogP contribution in [0.2, 0.25) is 5.15 Å². The zero-order chi connectivity index (χ0) is 14.5. The van der Waals surface area contributed by atoms with Gasteiger partial charge in [0.1, 0.15) is 10.8 Å². The molecular weight excluding hydrogens is 268 g/mol. The van der Waals surface area contributed by atoms with Gasteiger partial charge in [-0.2, -0.15) is 0 Å². The van der Waals surface area contributed by atoms with Crippen LogP contribution in [0.5, 0.6) is 0 Å². The Labute approximate surface area is 117 Å². The number of hydrogen-bond acceptors (Lipinski definition) is 5. The minimum atomic E-state index is -0.538. The Morgan fingerprint density at radius 1 is 1.47 bits per heavy atom. The molecule has 0 spiro atoms. The van der Waals surface area contributed by atoms with Gasteiger partial charge >= 0.3 is 6.09 Å². The van der Waals surface area contributed by atoms with Crippen molar-refractivity contribution in [1.29, 1.82) is 0 Å². The Kier molecular flexibility index (Phi) is 5.50. The molecular formula is C12H19ClN4O2. The van der Waals surface area contributed by atoms with E-state index in [9.17, 15) is 4.79 Å². The molecule has 0 aromatic carbocycles. The summed E-state index contributed by atoms with van der Waals surface area (Å²) in [5.74, 6) is 0. The van der Waals surface area contributed by atoms with Crippen LogP contribution in [0.25, 0.3) is 0 Å². The quantitative estimate of drug-likeness (QED) is 0.876. The summed E-state index contributed by atoms with van der Waals surface area (Å²) in [4.78, 5) is 19.7. The minimum Gasteiger partial charge on any atom is -0.444 e. The molecule has 0 aliphatic carbocycles. The molecule has 0 aliphatic heterocycles. The molecule has 0 radical (unpaired) electrons. The Bertz CT molecular complexity index is 417. The standard InChI is InChI=1S/C12H19ClN4O2/c1-12(2,3)19-11(18)17-8(5-14)4-9-6-16-10(13)7-15-9/h6-8H,4-5,14H2,1-3H3,(H,17,18). The van der Waals surface area contributed by atoms with E-state index in [1.807, 2.05) is 0 Å². The third-order valence-electron chi connectivity index (χ3n) is 2.13. The maximum atomic E-state index is 11.6. The van der Waals surface area contributed by atoms with Crippen molar-refractivity contribution >= 4 is 17.7 Å². The number of hydrogen-bond donors (Lipinski definition) is 2. The van der Waals surface area contributed by atoms with E-state index in [4.69, 9.17) is 22.1 Å².